The van der Waals surface area contributed by atoms with E-state index < -0.39 is 0 Å². The van der Waals surface area contributed by atoms with Crippen LogP contribution in [0.25, 0.3) is 0 Å². The fourth-order valence-corrected chi connectivity index (χ4v) is 3.00. The van der Waals surface area contributed by atoms with Crippen LogP contribution >= 0.6 is 24.0 Å². The minimum atomic E-state index is 0. The smallest absolute Gasteiger partial charge is 0.222 e. The molecule has 3 N–H and O–H groups in total. The maximum atomic E-state index is 12.5. The molecule has 1 amide bonds. The molecule has 1 aromatic rings. The number of guanidine groups is 1. The van der Waals surface area contributed by atoms with Gasteiger partial charge in [0.2, 0.25) is 5.91 Å². The fourth-order valence-electron chi connectivity index (χ4n) is 3.00. The Kier molecular flexibility index (Phi) is 10.3. The minimum Gasteiger partial charge on any atom is -0.493 e. The molecule has 0 aliphatic carbocycles. The van der Waals surface area contributed by atoms with E-state index in [0.717, 1.165) is 43.7 Å². The molecule has 0 aromatic heterocycles. The van der Waals surface area contributed by atoms with Crippen molar-refractivity contribution < 1.29 is 14.3 Å². The molecule has 0 fully saturated rings. The topological polar surface area (TPSA) is 89.2 Å². The molecule has 0 atom stereocenters. The highest BCUT2D eigenvalue weighted by Gasteiger charge is 2.22. The lowest BCUT2D eigenvalue weighted by Gasteiger charge is -2.29. The number of nitrogens with one attached hydrogen (secondary N) is 1. The summed E-state index contributed by atoms with van der Waals surface area (Å²) < 4.78 is 10.7. The zero-order valence-corrected chi connectivity index (χ0v) is 18.7. The summed E-state index contributed by atoms with van der Waals surface area (Å²) in [5.41, 5.74) is 8.08. The molecular weight excluding hydrogens is 459 g/mol. The first-order valence-corrected chi connectivity index (χ1v) is 9.14. The first-order chi connectivity index (χ1) is 12.6. The maximum absolute atomic E-state index is 12.5. The summed E-state index contributed by atoms with van der Waals surface area (Å²) in [7, 11) is 3.26. The first kappa shape index (κ1) is 23.3. The Morgan fingerprint density at radius 2 is 1.93 bits per heavy atom. The van der Waals surface area contributed by atoms with Crippen LogP contribution in [0.1, 0.15) is 37.3 Å². The zero-order chi connectivity index (χ0) is 18.9. The van der Waals surface area contributed by atoms with Gasteiger partial charge in [0.15, 0.2) is 17.5 Å². The van der Waals surface area contributed by atoms with Crippen LogP contribution in [0, 0.1) is 0 Å². The summed E-state index contributed by atoms with van der Waals surface area (Å²) in [6.45, 7) is 4.77. The molecule has 0 unspecified atom stereocenters. The SMILES string of the molecule is CCCN=C(N)NCCCC(=O)N1CCc2cc(OC)c(OC)cc2C1.I. The summed E-state index contributed by atoms with van der Waals surface area (Å²) in [6.07, 6.45) is 3.03. The van der Waals surface area contributed by atoms with Crippen molar-refractivity contribution in [3.05, 3.63) is 23.3 Å². The summed E-state index contributed by atoms with van der Waals surface area (Å²) in [4.78, 5) is 18.6. The molecular formula is C19H31IN4O3. The van der Waals surface area contributed by atoms with Gasteiger partial charge in [-0.05, 0) is 42.5 Å². The van der Waals surface area contributed by atoms with Crippen molar-refractivity contribution in [1.82, 2.24) is 10.2 Å². The Morgan fingerprint density at radius 1 is 1.26 bits per heavy atom. The number of rotatable bonds is 8. The van der Waals surface area contributed by atoms with Crippen LogP contribution in [0.3, 0.4) is 0 Å². The molecule has 0 saturated carbocycles. The van der Waals surface area contributed by atoms with Crippen molar-refractivity contribution in [2.45, 2.75) is 39.2 Å². The highest BCUT2D eigenvalue weighted by atomic mass is 127. The molecule has 2 rings (SSSR count). The van der Waals surface area contributed by atoms with Crippen molar-refractivity contribution in [2.75, 3.05) is 33.9 Å². The third-order valence-electron chi connectivity index (χ3n) is 4.45. The summed E-state index contributed by atoms with van der Waals surface area (Å²) in [5, 5.41) is 3.05. The number of methoxy groups -OCH3 is 2. The van der Waals surface area contributed by atoms with Gasteiger partial charge in [0, 0.05) is 32.6 Å². The Balaban J connectivity index is 0.00000364. The van der Waals surface area contributed by atoms with Gasteiger partial charge in [0.1, 0.15) is 0 Å². The number of fused-ring (bicyclic) bond motifs is 1. The van der Waals surface area contributed by atoms with Gasteiger partial charge in [-0.2, -0.15) is 0 Å². The molecule has 27 heavy (non-hydrogen) atoms. The average Bonchev–Trinajstić information content (AvgIpc) is 2.67. The largest absolute Gasteiger partial charge is 0.493 e. The van der Waals surface area contributed by atoms with E-state index in [9.17, 15) is 4.79 Å². The number of halogens is 1. The van der Waals surface area contributed by atoms with E-state index in [1.165, 1.54) is 5.56 Å². The molecule has 0 radical (unpaired) electrons. The van der Waals surface area contributed by atoms with E-state index in [-0.39, 0.29) is 29.9 Å². The average molecular weight is 490 g/mol. The van der Waals surface area contributed by atoms with Crippen LogP contribution in [0.4, 0.5) is 0 Å². The number of carbonyl (C=O) groups is 1. The van der Waals surface area contributed by atoms with E-state index in [1.54, 1.807) is 14.2 Å². The predicted molar refractivity (Wildman–Crippen MR) is 118 cm³/mol. The van der Waals surface area contributed by atoms with Crippen LogP contribution in [0.15, 0.2) is 17.1 Å². The van der Waals surface area contributed by atoms with Crippen LogP contribution < -0.4 is 20.5 Å². The van der Waals surface area contributed by atoms with E-state index in [2.05, 4.69) is 17.2 Å². The van der Waals surface area contributed by atoms with E-state index in [4.69, 9.17) is 15.2 Å². The third kappa shape index (κ3) is 6.75. The number of carbonyl (C=O) groups excluding carboxylic acids is 1. The molecule has 0 bridgehead atoms. The Hall–Kier alpha value is -1.71. The van der Waals surface area contributed by atoms with Crippen LogP contribution in [-0.4, -0.2) is 50.6 Å². The van der Waals surface area contributed by atoms with Gasteiger partial charge in [0.05, 0.1) is 14.2 Å². The van der Waals surface area contributed by atoms with Crippen LogP contribution in [-0.2, 0) is 17.8 Å². The van der Waals surface area contributed by atoms with E-state index in [1.807, 2.05) is 17.0 Å². The standard InChI is InChI=1S/C19H30N4O3.HI/c1-4-8-21-19(20)22-9-5-6-18(24)23-10-7-14-11-16(25-2)17(26-3)12-15(14)13-23;/h11-12H,4-10,13H2,1-3H3,(H3,20,21,22);1H. The Labute approximate surface area is 178 Å². The first-order valence-electron chi connectivity index (χ1n) is 9.14. The van der Waals surface area contributed by atoms with Crippen molar-refractivity contribution in [3.63, 3.8) is 0 Å². The van der Waals surface area contributed by atoms with Crippen molar-refractivity contribution in [1.29, 1.82) is 0 Å². The number of amides is 1. The number of benzene rings is 1. The number of nitrogens with zero attached hydrogens (tertiary/aromatic N) is 2. The van der Waals surface area contributed by atoms with E-state index in [0.29, 0.717) is 31.2 Å². The lowest BCUT2D eigenvalue weighted by molar-refractivity contribution is -0.132. The second kappa shape index (κ2) is 11.9. The normalized spacial score (nSPS) is 13.4. The number of hydrogen-bond acceptors (Lipinski definition) is 4. The number of ether oxygens (including phenoxy) is 2. The van der Waals surface area contributed by atoms with Crippen LogP contribution in [0.5, 0.6) is 11.5 Å². The van der Waals surface area contributed by atoms with Crippen molar-refractivity contribution >= 4 is 35.8 Å². The number of nitrogens with two attached hydrogens (primary N) is 1. The van der Waals surface area contributed by atoms with Gasteiger partial charge in [-0.1, -0.05) is 6.92 Å². The Morgan fingerprint density at radius 3 is 2.56 bits per heavy atom. The summed E-state index contributed by atoms with van der Waals surface area (Å²) in [6, 6.07) is 3.98. The lowest BCUT2D eigenvalue weighted by atomic mass is 9.98. The fraction of sp³-hybridized carbons (Fsp3) is 0.579. The molecule has 8 heteroatoms. The van der Waals surface area contributed by atoms with Crippen molar-refractivity contribution in [3.8, 4) is 11.5 Å². The van der Waals surface area contributed by atoms with Gasteiger partial charge < -0.3 is 25.4 Å². The Bertz CT molecular complexity index is 652. The van der Waals surface area contributed by atoms with Gasteiger partial charge >= 0.3 is 0 Å². The van der Waals surface area contributed by atoms with Gasteiger partial charge in [-0.25, -0.2) is 0 Å². The highest BCUT2D eigenvalue weighted by Crippen LogP contribution is 2.33. The van der Waals surface area contributed by atoms with Crippen LogP contribution in [0.2, 0.25) is 0 Å². The molecule has 0 spiro atoms. The quantitative estimate of drug-likeness (QED) is 0.253. The van der Waals surface area contributed by atoms with Gasteiger partial charge in [-0.3, -0.25) is 9.79 Å². The molecule has 1 heterocycles. The monoisotopic (exact) mass is 490 g/mol. The molecule has 0 saturated heterocycles. The minimum absolute atomic E-state index is 0. The molecule has 1 aliphatic heterocycles. The van der Waals surface area contributed by atoms with Gasteiger partial charge in [0.25, 0.3) is 0 Å². The summed E-state index contributed by atoms with van der Waals surface area (Å²) >= 11 is 0. The van der Waals surface area contributed by atoms with E-state index >= 15 is 0 Å². The second-order valence-corrected chi connectivity index (χ2v) is 6.34. The maximum Gasteiger partial charge on any atom is 0.222 e. The summed E-state index contributed by atoms with van der Waals surface area (Å²) in [5.74, 6) is 2.05. The lowest BCUT2D eigenvalue weighted by Crippen LogP contribution is -2.37. The molecule has 7 nitrogen and oxygen atoms in total. The number of aliphatic imine (C=N–C) groups is 1. The second-order valence-electron chi connectivity index (χ2n) is 6.34. The third-order valence-corrected chi connectivity index (χ3v) is 4.45. The van der Waals surface area contributed by atoms with Gasteiger partial charge in [-0.15, -0.1) is 24.0 Å². The predicted octanol–water partition coefficient (Wildman–Crippen LogP) is 2.30. The molecule has 1 aromatic carbocycles. The highest BCUT2D eigenvalue weighted by molar-refractivity contribution is 14.0. The zero-order valence-electron chi connectivity index (χ0n) is 16.4. The number of hydrogen-bond donors (Lipinski definition) is 2. The van der Waals surface area contributed by atoms with Crippen molar-refractivity contribution in [2.24, 2.45) is 10.7 Å². The molecule has 152 valence electrons. The molecule has 1 aliphatic rings.